The molecule has 0 saturated carbocycles. The van der Waals surface area contributed by atoms with Crippen LogP contribution in [0.5, 0.6) is 0 Å². The molecule has 1 atom stereocenters. The van der Waals surface area contributed by atoms with Crippen molar-refractivity contribution in [1.29, 1.82) is 0 Å². The van der Waals surface area contributed by atoms with E-state index in [1.54, 1.807) is 0 Å². The molecule has 0 aromatic heterocycles. The van der Waals surface area contributed by atoms with E-state index in [-0.39, 0.29) is 46.3 Å². The van der Waals surface area contributed by atoms with Gasteiger partial charge in [-0.25, -0.2) is 6.42 Å². The van der Waals surface area contributed by atoms with Gasteiger partial charge >= 0.3 is 0 Å². The molecule has 1 aliphatic rings. The number of likely N-dealkylation sites (tertiary alicyclic amines) is 1. The van der Waals surface area contributed by atoms with Gasteiger partial charge in [0.25, 0.3) is 0 Å². The van der Waals surface area contributed by atoms with Crippen LogP contribution in [0.2, 0.25) is 0 Å². The van der Waals surface area contributed by atoms with Crippen LogP contribution in [0.15, 0.2) is 0 Å². The Balaban J connectivity index is 0.000000810. The molecule has 0 aliphatic carbocycles. The van der Waals surface area contributed by atoms with Crippen LogP contribution in [0.1, 0.15) is 12.8 Å². The summed E-state index contributed by atoms with van der Waals surface area (Å²) in [4.78, 5) is 2.32. The number of hydrogen-bond donors (Lipinski definition) is 0. The van der Waals surface area contributed by atoms with E-state index in [1.807, 2.05) is 0 Å². The molecule has 0 N–H and O–H groups in total. The molecular formula is C8H15NNd-2. The molecule has 58 valence electrons. The van der Waals surface area contributed by atoms with Gasteiger partial charge in [0.05, 0.1) is 0 Å². The van der Waals surface area contributed by atoms with Gasteiger partial charge < -0.3 is 18.7 Å². The Hall–Kier alpha value is 1.31. The van der Waals surface area contributed by atoms with Crippen molar-refractivity contribution < 1.29 is 40.8 Å². The molecule has 1 unspecified atom stereocenters. The van der Waals surface area contributed by atoms with Crippen molar-refractivity contribution in [3.63, 3.8) is 0 Å². The molecular weight excluding hydrogens is 254 g/mol. The van der Waals surface area contributed by atoms with Crippen LogP contribution >= 0.6 is 0 Å². The van der Waals surface area contributed by atoms with Gasteiger partial charge in [-0.3, -0.25) is 0 Å². The van der Waals surface area contributed by atoms with E-state index in [1.165, 1.54) is 13.0 Å². The standard InChI is InChI=1S/C8H15N.Nd/c1-4-8(2)5-6-9(3)7-8;/h1-2,4-7H2,3H3;/q-2;. The van der Waals surface area contributed by atoms with Crippen LogP contribution in [-0.2, 0) is 0 Å². The molecule has 1 saturated heterocycles. The molecule has 0 bridgehead atoms. The maximum absolute atomic E-state index is 4.13. The van der Waals surface area contributed by atoms with Crippen LogP contribution in [0.25, 0.3) is 0 Å². The third-order valence-electron chi connectivity index (χ3n) is 2.16. The van der Waals surface area contributed by atoms with Gasteiger partial charge in [-0.05, 0) is 20.1 Å². The first-order valence-corrected chi connectivity index (χ1v) is 3.49. The number of rotatable bonds is 1. The van der Waals surface area contributed by atoms with Crippen molar-refractivity contribution in [1.82, 2.24) is 4.90 Å². The van der Waals surface area contributed by atoms with E-state index < -0.39 is 0 Å². The van der Waals surface area contributed by atoms with Crippen molar-refractivity contribution in [2.45, 2.75) is 12.8 Å². The average molecular weight is 269 g/mol. The molecule has 1 rings (SSSR count). The van der Waals surface area contributed by atoms with E-state index in [4.69, 9.17) is 0 Å². The van der Waals surface area contributed by atoms with E-state index in [2.05, 4.69) is 25.8 Å². The summed E-state index contributed by atoms with van der Waals surface area (Å²) in [7, 11) is 2.14. The van der Waals surface area contributed by atoms with Crippen molar-refractivity contribution in [3.05, 3.63) is 13.8 Å². The minimum Gasteiger partial charge on any atom is -0.345 e. The smallest absolute Gasteiger partial charge is 0 e. The summed E-state index contributed by atoms with van der Waals surface area (Å²) in [6.45, 7) is 10.3. The van der Waals surface area contributed by atoms with Crippen molar-refractivity contribution in [2.75, 3.05) is 20.1 Å². The van der Waals surface area contributed by atoms with Gasteiger partial charge in [0.15, 0.2) is 0 Å². The first kappa shape index (κ1) is 11.3. The fourth-order valence-electron chi connectivity index (χ4n) is 1.36. The third-order valence-corrected chi connectivity index (χ3v) is 2.16. The molecule has 10 heavy (non-hydrogen) atoms. The first-order valence-electron chi connectivity index (χ1n) is 3.49. The van der Waals surface area contributed by atoms with Crippen LogP contribution < -0.4 is 0 Å². The molecule has 0 aromatic rings. The summed E-state index contributed by atoms with van der Waals surface area (Å²) in [5.74, 6) is 0. The minimum absolute atomic E-state index is 0. The van der Waals surface area contributed by atoms with Crippen LogP contribution in [0.3, 0.4) is 0 Å². The molecule has 2 heteroatoms. The summed E-state index contributed by atoms with van der Waals surface area (Å²) < 4.78 is 0. The Morgan fingerprint density at radius 1 is 1.60 bits per heavy atom. The predicted octanol–water partition coefficient (Wildman–Crippen LogP) is 1.37. The predicted molar refractivity (Wildman–Crippen MR) is 39.9 cm³/mol. The van der Waals surface area contributed by atoms with Crippen molar-refractivity contribution in [3.8, 4) is 0 Å². The number of nitrogens with zero attached hydrogens (tertiary/aromatic N) is 1. The van der Waals surface area contributed by atoms with Crippen LogP contribution in [0.4, 0.5) is 0 Å². The fraction of sp³-hybridized carbons (Fsp3) is 0.750. The Kier molecular flexibility index (Phi) is 4.94. The topological polar surface area (TPSA) is 3.24 Å². The Morgan fingerprint density at radius 2 is 2.20 bits per heavy atom. The molecule has 0 radical (unpaired) electrons. The molecule has 0 amide bonds. The second kappa shape index (κ2) is 4.36. The van der Waals surface area contributed by atoms with Gasteiger partial charge in [-0.2, -0.15) is 5.41 Å². The zero-order valence-electron chi connectivity index (χ0n) is 6.69. The fourth-order valence-corrected chi connectivity index (χ4v) is 1.36. The van der Waals surface area contributed by atoms with Crippen molar-refractivity contribution in [2.24, 2.45) is 5.41 Å². The maximum Gasteiger partial charge on any atom is 0 e. The average Bonchev–Trinajstić information content (AvgIpc) is 2.13. The van der Waals surface area contributed by atoms with E-state index >= 15 is 0 Å². The quantitative estimate of drug-likeness (QED) is 0.650. The summed E-state index contributed by atoms with van der Waals surface area (Å²) in [5, 5.41) is 0. The minimum atomic E-state index is 0. The molecule has 0 spiro atoms. The molecule has 1 nitrogen and oxygen atoms in total. The summed E-state index contributed by atoms with van der Waals surface area (Å²) in [5.41, 5.74) is 0.273. The second-order valence-corrected chi connectivity index (χ2v) is 3.24. The van der Waals surface area contributed by atoms with Crippen LogP contribution in [-0.4, -0.2) is 25.0 Å². The van der Waals surface area contributed by atoms with E-state index in [0.717, 1.165) is 13.0 Å². The van der Waals surface area contributed by atoms with Gasteiger partial charge in [0.2, 0.25) is 0 Å². The summed E-state index contributed by atoms with van der Waals surface area (Å²) in [6, 6.07) is 0. The molecule has 1 aliphatic heterocycles. The molecule has 0 aromatic carbocycles. The monoisotopic (exact) mass is 267 g/mol. The Morgan fingerprint density at radius 3 is 2.40 bits per heavy atom. The van der Waals surface area contributed by atoms with Gasteiger partial charge in [-0.1, -0.05) is 6.42 Å². The molecule has 1 heterocycles. The van der Waals surface area contributed by atoms with Crippen LogP contribution in [0, 0.1) is 60.1 Å². The van der Waals surface area contributed by atoms with E-state index in [0.29, 0.717) is 0 Å². The molecule has 1 fully saturated rings. The normalized spacial score (nSPS) is 33.9. The Bertz CT molecular complexity index is 105. The van der Waals surface area contributed by atoms with Gasteiger partial charge in [0, 0.05) is 40.8 Å². The summed E-state index contributed by atoms with van der Waals surface area (Å²) in [6.07, 6.45) is 2.18. The number of hydrogen-bond acceptors (Lipinski definition) is 1. The largest absolute Gasteiger partial charge is 0.345 e. The second-order valence-electron chi connectivity index (χ2n) is 3.24. The summed E-state index contributed by atoms with van der Waals surface area (Å²) >= 11 is 0. The van der Waals surface area contributed by atoms with Crippen molar-refractivity contribution >= 4 is 0 Å². The Labute approximate surface area is 97.1 Å². The first-order chi connectivity index (χ1) is 4.16. The van der Waals surface area contributed by atoms with Gasteiger partial charge in [0.1, 0.15) is 0 Å². The third kappa shape index (κ3) is 2.74. The van der Waals surface area contributed by atoms with E-state index in [9.17, 15) is 0 Å². The maximum atomic E-state index is 4.13. The SMILES string of the molecule is [CH2-]CC1([CH2-])CCN(C)C1.[Nd]. The van der Waals surface area contributed by atoms with Gasteiger partial charge in [-0.15, -0.1) is 0 Å². The zero-order valence-corrected chi connectivity index (χ0v) is 9.90. The zero-order chi connectivity index (χ0) is 6.91.